The summed E-state index contributed by atoms with van der Waals surface area (Å²) in [6.07, 6.45) is 0.472. The van der Waals surface area contributed by atoms with E-state index in [2.05, 4.69) is 0 Å². The molecule has 0 saturated heterocycles. The molecule has 0 aliphatic heterocycles. The highest BCUT2D eigenvalue weighted by molar-refractivity contribution is 4.99. The lowest BCUT2D eigenvalue weighted by Crippen LogP contribution is -1.94. The van der Waals surface area contributed by atoms with Crippen LogP contribution in [0, 0.1) is 11.3 Å². The minimum Gasteiger partial charge on any atom is -0.329 e. The molecule has 0 heterocycles. The second kappa shape index (κ2) is 8.67. The van der Waals surface area contributed by atoms with E-state index in [0.717, 1.165) is 0 Å². The van der Waals surface area contributed by atoms with Gasteiger partial charge in [0.1, 0.15) is 0 Å². The Hall–Kier alpha value is -1.33. The van der Waals surface area contributed by atoms with Gasteiger partial charge in [-0.05, 0) is 0 Å². The second-order valence-electron chi connectivity index (χ2n) is 1.85. The molecule has 0 aromatic heterocycles. The maximum absolute atomic E-state index is 7.74. The summed E-state index contributed by atoms with van der Waals surface area (Å²) in [6.45, 7) is 0.483. The number of nitriles is 1. The predicted molar refractivity (Wildman–Crippen MR) is 45.7 cm³/mol. The van der Waals surface area contributed by atoms with Crippen LogP contribution in [0.2, 0.25) is 0 Å². The third kappa shape index (κ3) is 8.67. The molecule has 58 valence electrons. The largest absolute Gasteiger partial charge is 0.329 e. The summed E-state index contributed by atoms with van der Waals surface area (Å²) in [5.74, 6) is 0. The zero-order chi connectivity index (χ0) is 8.36. The van der Waals surface area contributed by atoms with Crippen molar-refractivity contribution in [1.29, 1.82) is 5.26 Å². The third-order valence-electron chi connectivity index (χ3n) is 0.923. The maximum atomic E-state index is 7.74. The molecule has 0 saturated carbocycles. The summed E-state index contributed by atoms with van der Waals surface area (Å²) >= 11 is 0. The standard InChI is InChI=1S/C6H6.C3H6N2/c1-2-4-6-5-3-1;4-2-1-3-5/h1-6H;1-2,4H2. The van der Waals surface area contributed by atoms with Crippen molar-refractivity contribution in [2.24, 2.45) is 5.73 Å². The highest BCUT2D eigenvalue weighted by atomic mass is 14.5. The molecule has 0 aliphatic rings. The van der Waals surface area contributed by atoms with Gasteiger partial charge >= 0.3 is 0 Å². The van der Waals surface area contributed by atoms with Gasteiger partial charge in [-0.2, -0.15) is 5.26 Å². The Morgan fingerprint density at radius 1 is 1.00 bits per heavy atom. The lowest BCUT2D eigenvalue weighted by atomic mass is 10.4. The number of hydrogen-bond acceptors (Lipinski definition) is 2. The smallest absolute Gasteiger partial charge is 0.0635 e. The molecule has 2 N–H and O–H groups in total. The van der Waals surface area contributed by atoms with E-state index in [9.17, 15) is 0 Å². The van der Waals surface area contributed by atoms with Crippen molar-refractivity contribution in [2.75, 3.05) is 6.54 Å². The topological polar surface area (TPSA) is 49.8 Å². The molecule has 0 atom stereocenters. The monoisotopic (exact) mass is 148 g/mol. The van der Waals surface area contributed by atoms with Crippen molar-refractivity contribution >= 4 is 0 Å². The summed E-state index contributed by atoms with van der Waals surface area (Å²) in [5, 5.41) is 7.74. The first-order chi connectivity index (χ1) is 5.41. The molecule has 0 radical (unpaired) electrons. The molecule has 0 amide bonds. The minimum atomic E-state index is 0.472. The second-order valence-corrected chi connectivity index (χ2v) is 1.85. The zero-order valence-corrected chi connectivity index (χ0v) is 6.40. The van der Waals surface area contributed by atoms with Crippen molar-refractivity contribution in [3.63, 3.8) is 0 Å². The summed E-state index contributed by atoms with van der Waals surface area (Å²) in [6, 6.07) is 13.9. The Balaban J connectivity index is 0.000000187. The van der Waals surface area contributed by atoms with Gasteiger partial charge in [0.05, 0.1) is 6.07 Å². The lowest BCUT2D eigenvalue weighted by molar-refractivity contribution is 1.02. The fraction of sp³-hybridized carbons (Fsp3) is 0.222. The first-order valence-electron chi connectivity index (χ1n) is 3.49. The van der Waals surface area contributed by atoms with Crippen LogP contribution in [-0.4, -0.2) is 6.54 Å². The highest BCUT2D eigenvalue weighted by Gasteiger charge is 1.65. The van der Waals surface area contributed by atoms with Crippen LogP contribution in [0.1, 0.15) is 6.42 Å². The molecular weight excluding hydrogens is 136 g/mol. The first-order valence-corrected chi connectivity index (χ1v) is 3.49. The fourth-order valence-electron chi connectivity index (χ4n) is 0.449. The van der Waals surface area contributed by atoms with Crippen molar-refractivity contribution in [2.45, 2.75) is 6.42 Å². The number of nitrogens with zero attached hydrogens (tertiary/aromatic N) is 1. The number of rotatable bonds is 1. The molecule has 1 aromatic rings. The maximum Gasteiger partial charge on any atom is 0.0635 e. The van der Waals surface area contributed by atoms with Crippen LogP contribution in [-0.2, 0) is 0 Å². The van der Waals surface area contributed by atoms with Crippen molar-refractivity contribution < 1.29 is 0 Å². The average molecular weight is 148 g/mol. The van der Waals surface area contributed by atoms with Crippen LogP contribution in [0.25, 0.3) is 0 Å². The van der Waals surface area contributed by atoms with E-state index in [1.165, 1.54) is 0 Å². The molecular formula is C9H12N2. The predicted octanol–water partition coefficient (Wildman–Crippen LogP) is 1.55. The van der Waals surface area contributed by atoms with E-state index in [0.29, 0.717) is 13.0 Å². The summed E-state index contributed by atoms with van der Waals surface area (Å²) in [5.41, 5.74) is 4.92. The van der Waals surface area contributed by atoms with Crippen LogP contribution < -0.4 is 5.73 Å². The fourth-order valence-corrected chi connectivity index (χ4v) is 0.449. The van der Waals surface area contributed by atoms with Crippen LogP contribution in [0.5, 0.6) is 0 Å². The quantitative estimate of drug-likeness (QED) is 0.656. The van der Waals surface area contributed by atoms with Gasteiger partial charge in [0.15, 0.2) is 0 Å². The average Bonchev–Trinajstić information content (AvgIpc) is 2.10. The number of hydrogen-bond donors (Lipinski definition) is 1. The van der Waals surface area contributed by atoms with Crippen LogP contribution in [0.15, 0.2) is 36.4 Å². The molecule has 2 nitrogen and oxygen atoms in total. The van der Waals surface area contributed by atoms with Crippen LogP contribution in [0.3, 0.4) is 0 Å². The van der Waals surface area contributed by atoms with Crippen LogP contribution in [0.4, 0.5) is 0 Å². The molecule has 0 spiro atoms. The molecule has 0 unspecified atom stereocenters. The number of nitrogens with two attached hydrogens (primary N) is 1. The van der Waals surface area contributed by atoms with Crippen molar-refractivity contribution in [3.05, 3.63) is 36.4 Å². The van der Waals surface area contributed by atoms with Gasteiger partial charge in [-0.25, -0.2) is 0 Å². The third-order valence-corrected chi connectivity index (χ3v) is 0.923. The molecule has 0 aliphatic carbocycles. The van der Waals surface area contributed by atoms with Gasteiger partial charge in [0.25, 0.3) is 0 Å². The molecule has 2 heteroatoms. The van der Waals surface area contributed by atoms with Crippen LogP contribution >= 0.6 is 0 Å². The van der Waals surface area contributed by atoms with E-state index in [-0.39, 0.29) is 0 Å². The van der Waals surface area contributed by atoms with Gasteiger partial charge < -0.3 is 5.73 Å². The highest BCUT2D eigenvalue weighted by Crippen LogP contribution is 1.79. The minimum absolute atomic E-state index is 0.472. The van der Waals surface area contributed by atoms with E-state index in [4.69, 9.17) is 11.0 Å². The van der Waals surface area contributed by atoms with E-state index < -0.39 is 0 Å². The molecule has 0 bridgehead atoms. The molecule has 1 aromatic carbocycles. The molecule has 0 fully saturated rings. The van der Waals surface area contributed by atoms with E-state index in [1.807, 2.05) is 42.5 Å². The number of benzene rings is 1. The van der Waals surface area contributed by atoms with E-state index >= 15 is 0 Å². The first kappa shape index (κ1) is 9.67. The van der Waals surface area contributed by atoms with Gasteiger partial charge in [0.2, 0.25) is 0 Å². The molecule has 1 rings (SSSR count). The Kier molecular flexibility index (Phi) is 7.62. The summed E-state index contributed by atoms with van der Waals surface area (Å²) in [4.78, 5) is 0. The van der Waals surface area contributed by atoms with Gasteiger partial charge in [-0.15, -0.1) is 0 Å². The Labute approximate surface area is 67.3 Å². The Morgan fingerprint density at radius 2 is 1.36 bits per heavy atom. The van der Waals surface area contributed by atoms with Gasteiger partial charge in [-0.3, -0.25) is 0 Å². The van der Waals surface area contributed by atoms with Gasteiger partial charge in [-0.1, -0.05) is 36.4 Å². The Morgan fingerprint density at radius 3 is 1.45 bits per heavy atom. The van der Waals surface area contributed by atoms with Crippen molar-refractivity contribution in [1.82, 2.24) is 0 Å². The lowest BCUT2D eigenvalue weighted by Gasteiger charge is -1.69. The molecule has 11 heavy (non-hydrogen) atoms. The SMILES string of the molecule is N#CCCN.c1ccccc1. The summed E-state index contributed by atoms with van der Waals surface area (Å²) in [7, 11) is 0. The Bertz CT molecular complexity index is 162. The van der Waals surface area contributed by atoms with Gasteiger partial charge in [0, 0.05) is 13.0 Å². The zero-order valence-electron chi connectivity index (χ0n) is 6.40. The van der Waals surface area contributed by atoms with E-state index in [1.54, 1.807) is 0 Å². The normalized spacial score (nSPS) is 7.27. The summed E-state index contributed by atoms with van der Waals surface area (Å²) < 4.78 is 0. The van der Waals surface area contributed by atoms with Crippen molar-refractivity contribution in [3.8, 4) is 6.07 Å².